The number of rotatable bonds is 4. The third-order valence-electron chi connectivity index (χ3n) is 3.86. The molecule has 7 heteroatoms. The van der Waals surface area contributed by atoms with E-state index in [2.05, 4.69) is 15.5 Å². The van der Waals surface area contributed by atoms with Crippen LogP contribution in [0.1, 0.15) is 12.8 Å². The number of nitrogens with one attached hydrogen (secondary N) is 2. The van der Waals surface area contributed by atoms with Crippen molar-refractivity contribution in [2.24, 2.45) is 0 Å². The standard InChI is InChI=1S/C16H23FN4O2/c1-20(2)15(22)11-21-8-6-13(7-9-21)18-16(23)19-14-5-3-4-12(17)10-14/h3-5,10,13H,6-9,11H2,1-2H3,(H2,18,19,23). The van der Waals surface area contributed by atoms with Gasteiger partial charge in [0.05, 0.1) is 6.54 Å². The Labute approximate surface area is 135 Å². The van der Waals surface area contributed by atoms with Gasteiger partial charge in [-0.25, -0.2) is 9.18 Å². The van der Waals surface area contributed by atoms with Crippen molar-refractivity contribution in [3.8, 4) is 0 Å². The van der Waals surface area contributed by atoms with Crippen molar-refractivity contribution in [3.63, 3.8) is 0 Å². The lowest BCUT2D eigenvalue weighted by Gasteiger charge is -2.32. The number of urea groups is 1. The van der Waals surface area contributed by atoms with Crippen molar-refractivity contribution in [2.75, 3.05) is 39.0 Å². The SMILES string of the molecule is CN(C)C(=O)CN1CCC(NC(=O)Nc2cccc(F)c2)CC1. The summed E-state index contributed by atoms with van der Waals surface area (Å²) >= 11 is 0. The first-order valence-corrected chi connectivity index (χ1v) is 7.69. The van der Waals surface area contributed by atoms with E-state index in [1.54, 1.807) is 31.1 Å². The average molecular weight is 322 g/mol. The molecule has 2 N–H and O–H groups in total. The Kier molecular flexibility index (Phi) is 5.92. The van der Waals surface area contributed by atoms with Crippen LogP contribution in [0, 0.1) is 5.82 Å². The van der Waals surface area contributed by atoms with Crippen LogP contribution < -0.4 is 10.6 Å². The number of benzene rings is 1. The zero-order valence-corrected chi connectivity index (χ0v) is 13.5. The molecule has 0 unspecified atom stereocenters. The van der Waals surface area contributed by atoms with Crippen LogP contribution in [0.25, 0.3) is 0 Å². The molecule has 0 spiro atoms. The van der Waals surface area contributed by atoms with Crippen molar-refractivity contribution in [3.05, 3.63) is 30.1 Å². The van der Waals surface area contributed by atoms with Gasteiger partial charge in [-0.2, -0.15) is 0 Å². The van der Waals surface area contributed by atoms with Gasteiger partial charge in [-0.05, 0) is 31.0 Å². The molecule has 0 aromatic heterocycles. The Morgan fingerprint density at radius 3 is 2.61 bits per heavy atom. The van der Waals surface area contributed by atoms with Crippen LogP contribution in [0.5, 0.6) is 0 Å². The molecule has 1 aromatic carbocycles. The summed E-state index contributed by atoms with van der Waals surface area (Å²) in [4.78, 5) is 27.3. The van der Waals surface area contributed by atoms with Crippen molar-refractivity contribution >= 4 is 17.6 Å². The molecule has 1 heterocycles. The minimum Gasteiger partial charge on any atom is -0.348 e. The molecule has 1 aromatic rings. The first kappa shape index (κ1) is 17.2. The number of piperidine rings is 1. The fraction of sp³-hybridized carbons (Fsp3) is 0.500. The molecule has 0 atom stereocenters. The van der Waals surface area contributed by atoms with Crippen molar-refractivity contribution in [1.29, 1.82) is 0 Å². The zero-order chi connectivity index (χ0) is 16.8. The third kappa shape index (κ3) is 5.52. The maximum Gasteiger partial charge on any atom is 0.319 e. The smallest absolute Gasteiger partial charge is 0.319 e. The number of carbonyl (C=O) groups is 2. The fourth-order valence-electron chi connectivity index (χ4n) is 2.49. The van der Waals surface area contributed by atoms with E-state index in [1.165, 1.54) is 12.1 Å². The van der Waals surface area contributed by atoms with Crippen LogP contribution in [-0.4, -0.2) is 61.5 Å². The van der Waals surface area contributed by atoms with Gasteiger partial charge in [0.25, 0.3) is 0 Å². The molecular formula is C16H23FN4O2. The van der Waals surface area contributed by atoms with Gasteiger partial charge in [-0.15, -0.1) is 0 Å². The lowest BCUT2D eigenvalue weighted by atomic mass is 10.1. The van der Waals surface area contributed by atoms with Gasteiger partial charge >= 0.3 is 6.03 Å². The highest BCUT2D eigenvalue weighted by Crippen LogP contribution is 2.12. The highest BCUT2D eigenvalue weighted by molar-refractivity contribution is 5.89. The van der Waals surface area contributed by atoms with Gasteiger partial charge in [0.1, 0.15) is 5.82 Å². The lowest BCUT2D eigenvalue weighted by molar-refractivity contribution is -0.130. The summed E-state index contributed by atoms with van der Waals surface area (Å²) in [6, 6.07) is 5.51. The molecule has 0 aliphatic carbocycles. The number of likely N-dealkylation sites (tertiary alicyclic amines) is 1. The highest BCUT2D eigenvalue weighted by Gasteiger charge is 2.22. The summed E-state index contributed by atoms with van der Waals surface area (Å²) < 4.78 is 13.1. The number of anilines is 1. The van der Waals surface area contributed by atoms with E-state index in [9.17, 15) is 14.0 Å². The fourth-order valence-corrected chi connectivity index (χ4v) is 2.49. The maximum atomic E-state index is 13.1. The number of hydrogen-bond acceptors (Lipinski definition) is 3. The normalized spacial score (nSPS) is 16.0. The number of nitrogens with zero attached hydrogens (tertiary/aromatic N) is 2. The van der Waals surface area contributed by atoms with Crippen LogP contribution in [0.15, 0.2) is 24.3 Å². The number of halogens is 1. The van der Waals surface area contributed by atoms with Crippen LogP contribution >= 0.6 is 0 Å². The number of amides is 3. The second kappa shape index (κ2) is 7.92. The third-order valence-corrected chi connectivity index (χ3v) is 3.86. The molecule has 3 amide bonds. The molecule has 0 radical (unpaired) electrons. The topological polar surface area (TPSA) is 64.7 Å². The molecule has 1 aliphatic rings. The average Bonchev–Trinajstić information content (AvgIpc) is 2.49. The monoisotopic (exact) mass is 322 g/mol. The van der Waals surface area contributed by atoms with E-state index in [4.69, 9.17) is 0 Å². The Morgan fingerprint density at radius 2 is 2.00 bits per heavy atom. The van der Waals surface area contributed by atoms with E-state index in [-0.39, 0.29) is 23.8 Å². The molecule has 0 saturated carbocycles. The van der Waals surface area contributed by atoms with Crippen LogP contribution in [0.2, 0.25) is 0 Å². The predicted octanol–water partition coefficient (Wildman–Crippen LogP) is 1.50. The Bertz CT molecular complexity index is 557. The zero-order valence-electron chi connectivity index (χ0n) is 13.5. The van der Waals surface area contributed by atoms with Crippen molar-refractivity contribution in [1.82, 2.24) is 15.1 Å². The molecule has 1 aliphatic heterocycles. The minimum atomic E-state index is -0.387. The van der Waals surface area contributed by atoms with E-state index in [1.807, 2.05) is 0 Å². The van der Waals surface area contributed by atoms with Gasteiger partial charge in [0.2, 0.25) is 5.91 Å². The van der Waals surface area contributed by atoms with Crippen molar-refractivity contribution < 1.29 is 14.0 Å². The summed E-state index contributed by atoms with van der Waals surface area (Å²) in [6.07, 6.45) is 1.58. The lowest BCUT2D eigenvalue weighted by Crippen LogP contribution is -2.48. The van der Waals surface area contributed by atoms with Crippen LogP contribution in [0.3, 0.4) is 0 Å². The first-order valence-electron chi connectivity index (χ1n) is 7.69. The Morgan fingerprint density at radius 1 is 1.30 bits per heavy atom. The number of carbonyl (C=O) groups excluding carboxylic acids is 2. The molecular weight excluding hydrogens is 299 g/mol. The van der Waals surface area contributed by atoms with Gasteiger partial charge in [0, 0.05) is 38.9 Å². The summed E-state index contributed by atoms with van der Waals surface area (Å²) in [7, 11) is 3.49. The molecule has 1 saturated heterocycles. The molecule has 1 fully saturated rings. The van der Waals surface area contributed by atoms with Gasteiger partial charge in [-0.1, -0.05) is 6.07 Å². The van der Waals surface area contributed by atoms with E-state index in [0.717, 1.165) is 25.9 Å². The van der Waals surface area contributed by atoms with Gasteiger partial charge in [-0.3, -0.25) is 9.69 Å². The molecule has 23 heavy (non-hydrogen) atoms. The van der Waals surface area contributed by atoms with Crippen LogP contribution in [0.4, 0.5) is 14.9 Å². The molecule has 6 nitrogen and oxygen atoms in total. The number of hydrogen-bond donors (Lipinski definition) is 2. The maximum absolute atomic E-state index is 13.1. The largest absolute Gasteiger partial charge is 0.348 e. The van der Waals surface area contributed by atoms with E-state index >= 15 is 0 Å². The molecule has 2 rings (SSSR count). The molecule has 126 valence electrons. The van der Waals surface area contributed by atoms with E-state index in [0.29, 0.717) is 12.2 Å². The second-order valence-corrected chi connectivity index (χ2v) is 5.95. The predicted molar refractivity (Wildman–Crippen MR) is 86.7 cm³/mol. The first-order chi connectivity index (χ1) is 10.9. The van der Waals surface area contributed by atoms with Gasteiger partial charge < -0.3 is 15.5 Å². The highest BCUT2D eigenvalue weighted by atomic mass is 19.1. The minimum absolute atomic E-state index is 0.0641. The summed E-state index contributed by atoms with van der Waals surface area (Å²) in [5.41, 5.74) is 0.427. The Hall–Kier alpha value is -2.15. The second-order valence-electron chi connectivity index (χ2n) is 5.95. The van der Waals surface area contributed by atoms with E-state index < -0.39 is 0 Å². The van der Waals surface area contributed by atoms with Gasteiger partial charge in [0.15, 0.2) is 0 Å². The number of likely N-dealkylation sites (N-methyl/N-ethyl adjacent to an activating group) is 1. The Balaban J connectivity index is 1.73. The summed E-state index contributed by atoms with van der Waals surface area (Å²) in [5.74, 6) is -0.304. The summed E-state index contributed by atoms with van der Waals surface area (Å²) in [5, 5.41) is 5.51. The quantitative estimate of drug-likeness (QED) is 0.883. The molecule has 0 bridgehead atoms. The van der Waals surface area contributed by atoms with Crippen LogP contribution in [-0.2, 0) is 4.79 Å². The van der Waals surface area contributed by atoms with Crippen molar-refractivity contribution in [2.45, 2.75) is 18.9 Å². The summed E-state index contributed by atoms with van der Waals surface area (Å²) in [6.45, 7) is 1.95.